The Morgan fingerprint density at radius 2 is 2.35 bits per heavy atom. The minimum Gasteiger partial charge on any atom is -0.385 e. The van der Waals surface area contributed by atoms with Crippen molar-refractivity contribution in [3.8, 4) is 0 Å². The van der Waals surface area contributed by atoms with Gasteiger partial charge in [-0.15, -0.1) is 0 Å². The molecule has 0 spiro atoms. The molecule has 20 heavy (non-hydrogen) atoms. The number of amides is 1. The van der Waals surface area contributed by atoms with E-state index in [0.29, 0.717) is 5.82 Å². The molecular formula is C15H18N4O. The minimum absolute atomic E-state index is 0.0792. The molecule has 0 fully saturated rings. The smallest absolute Gasteiger partial charge is 0.257 e. The highest BCUT2D eigenvalue weighted by Crippen LogP contribution is 2.26. The lowest BCUT2D eigenvalue weighted by Crippen LogP contribution is -2.19. The molecule has 0 unspecified atom stereocenters. The quantitative estimate of drug-likeness (QED) is 0.803. The number of hydrogen-bond donors (Lipinski definition) is 3. The fourth-order valence-corrected chi connectivity index (χ4v) is 2.59. The van der Waals surface area contributed by atoms with Gasteiger partial charge in [0.05, 0.1) is 6.20 Å². The van der Waals surface area contributed by atoms with Crippen molar-refractivity contribution < 1.29 is 4.79 Å². The van der Waals surface area contributed by atoms with E-state index in [0.717, 1.165) is 48.2 Å². The van der Waals surface area contributed by atoms with Gasteiger partial charge < -0.3 is 10.6 Å². The number of carbonyl (C=O) groups is 1. The predicted octanol–water partition coefficient (Wildman–Crippen LogP) is 2.58. The molecule has 2 aromatic rings. The summed E-state index contributed by atoms with van der Waals surface area (Å²) in [6.07, 6.45) is 4.58. The zero-order chi connectivity index (χ0) is 13.9. The number of rotatable bonds is 3. The molecule has 3 N–H and O–H groups in total. The molecule has 1 aliphatic heterocycles. The number of benzene rings is 1. The van der Waals surface area contributed by atoms with Crippen LogP contribution in [0.4, 0.5) is 11.5 Å². The Labute approximate surface area is 117 Å². The summed E-state index contributed by atoms with van der Waals surface area (Å²) in [4.78, 5) is 12.5. The maximum absolute atomic E-state index is 12.5. The molecule has 0 saturated heterocycles. The Morgan fingerprint density at radius 3 is 3.20 bits per heavy atom. The summed E-state index contributed by atoms with van der Waals surface area (Å²) in [6.45, 7) is 3.01. The van der Waals surface area contributed by atoms with Gasteiger partial charge in [0.15, 0.2) is 0 Å². The molecule has 0 atom stereocenters. The predicted molar refractivity (Wildman–Crippen MR) is 79.2 cm³/mol. The summed E-state index contributed by atoms with van der Waals surface area (Å²) >= 11 is 0. The molecule has 0 bridgehead atoms. The van der Waals surface area contributed by atoms with Crippen LogP contribution in [-0.4, -0.2) is 22.6 Å². The molecular weight excluding hydrogens is 252 g/mol. The van der Waals surface area contributed by atoms with Gasteiger partial charge in [-0.25, -0.2) is 0 Å². The van der Waals surface area contributed by atoms with Gasteiger partial charge in [-0.1, -0.05) is 13.0 Å². The van der Waals surface area contributed by atoms with Gasteiger partial charge in [0.25, 0.3) is 5.91 Å². The Hall–Kier alpha value is -2.30. The molecule has 0 saturated carbocycles. The molecule has 1 aromatic heterocycles. The lowest BCUT2D eigenvalue weighted by atomic mass is 9.97. The number of anilines is 2. The Kier molecular flexibility index (Phi) is 3.41. The first-order valence-electron chi connectivity index (χ1n) is 6.99. The van der Waals surface area contributed by atoms with E-state index in [9.17, 15) is 4.79 Å². The van der Waals surface area contributed by atoms with Crippen LogP contribution < -0.4 is 10.6 Å². The van der Waals surface area contributed by atoms with Gasteiger partial charge in [-0.05, 0) is 37.0 Å². The van der Waals surface area contributed by atoms with Gasteiger partial charge in [-0.2, -0.15) is 5.10 Å². The number of nitrogens with zero attached hydrogens (tertiary/aromatic N) is 1. The zero-order valence-electron chi connectivity index (χ0n) is 11.5. The summed E-state index contributed by atoms with van der Waals surface area (Å²) in [6, 6.07) is 5.82. The SMILES string of the molecule is CCc1cn[nH]c1NC(=O)c1cccc2c1CCCN2. The van der Waals surface area contributed by atoms with E-state index >= 15 is 0 Å². The van der Waals surface area contributed by atoms with Gasteiger partial charge >= 0.3 is 0 Å². The van der Waals surface area contributed by atoms with Crippen molar-refractivity contribution in [1.29, 1.82) is 0 Å². The molecule has 104 valence electrons. The Bertz CT molecular complexity index is 633. The second-order valence-corrected chi connectivity index (χ2v) is 4.94. The number of aromatic amines is 1. The first-order chi connectivity index (χ1) is 9.79. The number of carbonyl (C=O) groups excluding carboxylic acids is 1. The van der Waals surface area contributed by atoms with Gasteiger partial charge in [0, 0.05) is 23.4 Å². The second kappa shape index (κ2) is 5.36. The number of aromatic nitrogens is 2. The largest absolute Gasteiger partial charge is 0.385 e. The zero-order valence-corrected chi connectivity index (χ0v) is 11.5. The van der Waals surface area contributed by atoms with Crippen molar-refractivity contribution in [2.75, 3.05) is 17.2 Å². The van der Waals surface area contributed by atoms with Crippen LogP contribution in [0.15, 0.2) is 24.4 Å². The fourth-order valence-electron chi connectivity index (χ4n) is 2.59. The van der Waals surface area contributed by atoms with Gasteiger partial charge in [-0.3, -0.25) is 9.89 Å². The lowest BCUT2D eigenvalue weighted by molar-refractivity contribution is 0.102. The molecule has 0 radical (unpaired) electrons. The third kappa shape index (κ3) is 2.27. The van der Waals surface area contributed by atoms with E-state index < -0.39 is 0 Å². The highest BCUT2D eigenvalue weighted by Gasteiger charge is 2.18. The summed E-state index contributed by atoms with van der Waals surface area (Å²) in [7, 11) is 0. The summed E-state index contributed by atoms with van der Waals surface area (Å²) in [5.41, 5.74) is 3.94. The van der Waals surface area contributed by atoms with E-state index in [1.165, 1.54) is 0 Å². The van der Waals surface area contributed by atoms with Crippen molar-refractivity contribution in [3.05, 3.63) is 41.1 Å². The molecule has 5 heteroatoms. The van der Waals surface area contributed by atoms with E-state index in [1.54, 1.807) is 6.20 Å². The van der Waals surface area contributed by atoms with Gasteiger partial charge in [0.1, 0.15) is 5.82 Å². The van der Waals surface area contributed by atoms with Crippen LogP contribution in [-0.2, 0) is 12.8 Å². The third-order valence-electron chi connectivity index (χ3n) is 3.68. The van der Waals surface area contributed by atoms with Crippen molar-refractivity contribution in [1.82, 2.24) is 10.2 Å². The average molecular weight is 270 g/mol. The molecule has 0 aliphatic carbocycles. The normalized spacial score (nSPS) is 13.4. The summed E-state index contributed by atoms with van der Waals surface area (Å²) < 4.78 is 0. The fraction of sp³-hybridized carbons (Fsp3) is 0.333. The number of aryl methyl sites for hydroxylation is 1. The van der Waals surface area contributed by atoms with Crippen molar-refractivity contribution >= 4 is 17.4 Å². The Balaban J connectivity index is 1.88. The van der Waals surface area contributed by atoms with Crippen LogP contribution in [0.25, 0.3) is 0 Å². The van der Waals surface area contributed by atoms with Crippen LogP contribution >= 0.6 is 0 Å². The molecule has 1 amide bonds. The standard InChI is InChI=1S/C15H18N4O/c1-2-10-9-17-19-14(10)18-15(20)12-5-3-7-13-11(12)6-4-8-16-13/h3,5,7,9,16H,2,4,6,8H2,1H3,(H2,17,18,19,20). The van der Waals surface area contributed by atoms with Crippen LogP contribution in [0.5, 0.6) is 0 Å². The number of nitrogens with one attached hydrogen (secondary N) is 3. The van der Waals surface area contributed by atoms with E-state index in [-0.39, 0.29) is 5.91 Å². The topological polar surface area (TPSA) is 69.8 Å². The summed E-state index contributed by atoms with van der Waals surface area (Å²) in [5.74, 6) is 0.614. The molecule has 1 aliphatic rings. The highest BCUT2D eigenvalue weighted by atomic mass is 16.1. The molecule has 2 heterocycles. The first-order valence-corrected chi connectivity index (χ1v) is 6.99. The highest BCUT2D eigenvalue weighted by molar-refractivity contribution is 6.06. The van der Waals surface area contributed by atoms with Gasteiger partial charge in [0.2, 0.25) is 0 Å². The lowest BCUT2D eigenvalue weighted by Gasteiger charge is -2.20. The van der Waals surface area contributed by atoms with Crippen LogP contribution in [0.3, 0.4) is 0 Å². The summed E-state index contributed by atoms with van der Waals surface area (Å²) in [5, 5.41) is 13.1. The molecule has 1 aromatic carbocycles. The molecule has 3 rings (SSSR count). The first kappa shape index (κ1) is 12.7. The van der Waals surface area contributed by atoms with Crippen LogP contribution in [0, 0.1) is 0 Å². The maximum atomic E-state index is 12.5. The van der Waals surface area contributed by atoms with Crippen molar-refractivity contribution in [3.63, 3.8) is 0 Å². The number of fused-ring (bicyclic) bond motifs is 1. The van der Waals surface area contributed by atoms with Crippen molar-refractivity contribution in [2.24, 2.45) is 0 Å². The van der Waals surface area contributed by atoms with Crippen molar-refractivity contribution in [2.45, 2.75) is 26.2 Å². The number of H-pyrrole nitrogens is 1. The monoisotopic (exact) mass is 270 g/mol. The average Bonchev–Trinajstić information content (AvgIpc) is 2.93. The van der Waals surface area contributed by atoms with Crippen LogP contribution in [0.1, 0.15) is 34.8 Å². The Morgan fingerprint density at radius 1 is 1.45 bits per heavy atom. The second-order valence-electron chi connectivity index (χ2n) is 4.94. The number of hydrogen-bond acceptors (Lipinski definition) is 3. The third-order valence-corrected chi connectivity index (χ3v) is 3.68. The maximum Gasteiger partial charge on any atom is 0.257 e. The van der Waals surface area contributed by atoms with E-state index in [4.69, 9.17) is 0 Å². The van der Waals surface area contributed by atoms with E-state index in [1.807, 2.05) is 25.1 Å². The van der Waals surface area contributed by atoms with Crippen LogP contribution in [0.2, 0.25) is 0 Å². The molecule has 5 nitrogen and oxygen atoms in total. The minimum atomic E-state index is -0.0792. The van der Waals surface area contributed by atoms with E-state index in [2.05, 4.69) is 20.8 Å².